The van der Waals surface area contributed by atoms with Gasteiger partial charge in [-0.1, -0.05) is 13.8 Å². The zero-order valence-corrected chi connectivity index (χ0v) is 9.75. The molecular weight excluding hydrogens is 196 g/mol. The summed E-state index contributed by atoms with van der Waals surface area (Å²) in [5, 5.41) is 0. The molecule has 1 fully saturated rings. The molecule has 4 heteroatoms. The average Bonchev–Trinajstić information content (AvgIpc) is 2.69. The van der Waals surface area contributed by atoms with E-state index in [-0.39, 0.29) is 17.7 Å². The van der Waals surface area contributed by atoms with Crippen LogP contribution >= 0.6 is 0 Å². The lowest BCUT2D eigenvalue weighted by molar-refractivity contribution is -0.147. The third kappa shape index (κ3) is 3.80. The summed E-state index contributed by atoms with van der Waals surface area (Å²) in [6.45, 7) is 7.63. The molecule has 0 spiro atoms. The number of rotatable bonds is 5. The molecular formula is C11H20O4. The van der Waals surface area contributed by atoms with Crippen LogP contribution in [0, 0.1) is 5.41 Å². The topological polar surface area (TPSA) is 44.8 Å². The second-order valence-corrected chi connectivity index (χ2v) is 4.37. The highest BCUT2D eigenvalue weighted by atomic mass is 16.7. The molecule has 0 radical (unpaired) electrons. The van der Waals surface area contributed by atoms with Crippen molar-refractivity contribution in [2.24, 2.45) is 5.41 Å². The van der Waals surface area contributed by atoms with E-state index in [0.717, 1.165) is 6.42 Å². The molecule has 0 atom stereocenters. The summed E-state index contributed by atoms with van der Waals surface area (Å²) in [6.07, 6.45) is 0.951. The molecule has 0 bridgehead atoms. The largest absolute Gasteiger partial charge is 0.466 e. The van der Waals surface area contributed by atoms with Crippen molar-refractivity contribution in [3.63, 3.8) is 0 Å². The summed E-state index contributed by atoms with van der Waals surface area (Å²) in [4.78, 5) is 11.2. The zero-order valence-electron chi connectivity index (χ0n) is 9.75. The molecule has 0 aromatic heterocycles. The second kappa shape index (κ2) is 5.47. The van der Waals surface area contributed by atoms with Gasteiger partial charge < -0.3 is 14.2 Å². The van der Waals surface area contributed by atoms with E-state index in [1.54, 1.807) is 0 Å². The summed E-state index contributed by atoms with van der Waals surface area (Å²) in [5.41, 5.74) is -0.136. The molecule has 88 valence electrons. The summed E-state index contributed by atoms with van der Waals surface area (Å²) >= 11 is 0. The Kier molecular flexibility index (Phi) is 4.54. The van der Waals surface area contributed by atoms with Crippen LogP contribution in [-0.4, -0.2) is 32.1 Å². The minimum Gasteiger partial charge on any atom is -0.466 e. The van der Waals surface area contributed by atoms with Gasteiger partial charge in [0.1, 0.15) is 0 Å². The first-order valence-corrected chi connectivity index (χ1v) is 5.45. The van der Waals surface area contributed by atoms with Gasteiger partial charge in [-0.05, 0) is 13.3 Å². The van der Waals surface area contributed by atoms with Gasteiger partial charge in [0, 0.05) is 11.8 Å². The lowest BCUT2D eigenvalue weighted by Crippen LogP contribution is -2.31. The Labute approximate surface area is 90.9 Å². The Bertz CT molecular complexity index is 207. The lowest BCUT2D eigenvalue weighted by atomic mass is 9.87. The second-order valence-electron chi connectivity index (χ2n) is 4.37. The van der Waals surface area contributed by atoms with Crippen LogP contribution in [0.4, 0.5) is 0 Å². The van der Waals surface area contributed by atoms with Gasteiger partial charge in [-0.15, -0.1) is 0 Å². The third-order valence-corrected chi connectivity index (χ3v) is 2.54. The van der Waals surface area contributed by atoms with E-state index in [4.69, 9.17) is 14.2 Å². The van der Waals surface area contributed by atoms with Crippen molar-refractivity contribution in [1.82, 2.24) is 0 Å². The number of esters is 1. The molecule has 0 aromatic carbocycles. The van der Waals surface area contributed by atoms with E-state index in [1.807, 2.05) is 20.8 Å². The lowest BCUT2D eigenvalue weighted by Gasteiger charge is -2.29. The summed E-state index contributed by atoms with van der Waals surface area (Å²) in [6, 6.07) is 0. The van der Waals surface area contributed by atoms with Crippen LogP contribution in [0.1, 0.15) is 33.6 Å². The monoisotopic (exact) mass is 216 g/mol. The molecule has 1 rings (SSSR count). The molecule has 15 heavy (non-hydrogen) atoms. The average molecular weight is 216 g/mol. The Morgan fingerprint density at radius 1 is 1.40 bits per heavy atom. The third-order valence-electron chi connectivity index (χ3n) is 2.54. The summed E-state index contributed by atoms with van der Waals surface area (Å²) in [5.74, 6) is -0.149. The molecule has 1 saturated heterocycles. The van der Waals surface area contributed by atoms with Crippen LogP contribution in [0.15, 0.2) is 0 Å². The van der Waals surface area contributed by atoms with Gasteiger partial charge in [0.25, 0.3) is 0 Å². The van der Waals surface area contributed by atoms with Crippen molar-refractivity contribution in [3.8, 4) is 0 Å². The molecule has 1 heterocycles. The molecule has 0 aromatic rings. The number of ether oxygens (including phenoxy) is 3. The Morgan fingerprint density at radius 3 is 2.53 bits per heavy atom. The highest BCUT2D eigenvalue weighted by Gasteiger charge is 2.34. The van der Waals surface area contributed by atoms with Crippen molar-refractivity contribution >= 4 is 5.97 Å². The molecule has 0 N–H and O–H groups in total. The molecule has 4 nitrogen and oxygen atoms in total. The maximum atomic E-state index is 11.2. The standard InChI is InChI=1S/C11H20O4/c1-4-13-9(12)5-6-11(2,3)10-14-7-8-15-10/h10H,4-8H2,1-3H3. The van der Waals surface area contributed by atoms with E-state index in [9.17, 15) is 4.79 Å². The van der Waals surface area contributed by atoms with E-state index < -0.39 is 0 Å². The highest BCUT2D eigenvalue weighted by Crippen LogP contribution is 2.32. The highest BCUT2D eigenvalue weighted by molar-refractivity contribution is 5.69. The first-order valence-electron chi connectivity index (χ1n) is 5.45. The predicted octanol–water partition coefficient (Wildman–Crippen LogP) is 1.73. The molecule has 0 unspecified atom stereocenters. The van der Waals surface area contributed by atoms with Crippen LogP contribution in [0.5, 0.6) is 0 Å². The maximum Gasteiger partial charge on any atom is 0.305 e. The fourth-order valence-corrected chi connectivity index (χ4v) is 1.58. The van der Waals surface area contributed by atoms with Gasteiger partial charge >= 0.3 is 5.97 Å². The number of carbonyl (C=O) groups excluding carboxylic acids is 1. The molecule has 0 saturated carbocycles. The van der Waals surface area contributed by atoms with Gasteiger partial charge in [0.2, 0.25) is 0 Å². The molecule has 1 aliphatic heterocycles. The van der Waals surface area contributed by atoms with E-state index in [0.29, 0.717) is 26.2 Å². The number of hydrogen-bond donors (Lipinski definition) is 0. The molecule has 1 aliphatic rings. The van der Waals surface area contributed by atoms with Crippen LogP contribution < -0.4 is 0 Å². The fraction of sp³-hybridized carbons (Fsp3) is 0.909. The van der Waals surface area contributed by atoms with E-state index in [1.165, 1.54) is 0 Å². The van der Waals surface area contributed by atoms with Crippen molar-refractivity contribution in [1.29, 1.82) is 0 Å². The first kappa shape index (κ1) is 12.5. The zero-order chi connectivity index (χ0) is 11.3. The van der Waals surface area contributed by atoms with Crippen LogP contribution in [0.2, 0.25) is 0 Å². The first-order chi connectivity index (χ1) is 7.06. The van der Waals surface area contributed by atoms with Crippen molar-refractivity contribution in [2.45, 2.75) is 39.9 Å². The van der Waals surface area contributed by atoms with Gasteiger partial charge in [0.15, 0.2) is 6.29 Å². The van der Waals surface area contributed by atoms with Crippen LogP contribution in [0.3, 0.4) is 0 Å². The van der Waals surface area contributed by atoms with Crippen molar-refractivity contribution in [2.75, 3.05) is 19.8 Å². The quantitative estimate of drug-likeness (QED) is 0.656. The van der Waals surface area contributed by atoms with Crippen LogP contribution in [-0.2, 0) is 19.0 Å². The minimum atomic E-state index is -0.188. The van der Waals surface area contributed by atoms with Gasteiger partial charge in [0.05, 0.1) is 19.8 Å². The maximum absolute atomic E-state index is 11.2. The minimum absolute atomic E-state index is 0.136. The Balaban J connectivity index is 2.31. The SMILES string of the molecule is CCOC(=O)CCC(C)(C)C1OCCO1. The number of carbonyl (C=O) groups is 1. The summed E-state index contributed by atoms with van der Waals surface area (Å²) in [7, 11) is 0. The van der Waals surface area contributed by atoms with Crippen LogP contribution in [0.25, 0.3) is 0 Å². The van der Waals surface area contributed by atoms with E-state index in [2.05, 4.69) is 0 Å². The molecule has 0 aliphatic carbocycles. The van der Waals surface area contributed by atoms with Gasteiger partial charge in [-0.3, -0.25) is 4.79 Å². The smallest absolute Gasteiger partial charge is 0.305 e. The fourth-order valence-electron chi connectivity index (χ4n) is 1.58. The summed E-state index contributed by atoms with van der Waals surface area (Å²) < 4.78 is 15.8. The normalized spacial score (nSPS) is 18.1. The Morgan fingerprint density at radius 2 is 2.00 bits per heavy atom. The van der Waals surface area contributed by atoms with Crippen molar-refractivity contribution in [3.05, 3.63) is 0 Å². The predicted molar refractivity (Wildman–Crippen MR) is 55.3 cm³/mol. The van der Waals surface area contributed by atoms with Gasteiger partial charge in [-0.2, -0.15) is 0 Å². The van der Waals surface area contributed by atoms with E-state index >= 15 is 0 Å². The van der Waals surface area contributed by atoms with Gasteiger partial charge in [-0.25, -0.2) is 0 Å². The molecule has 0 amide bonds. The Hall–Kier alpha value is -0.610. The van der Waals surface area contributed by atoms with Crippen molar-refractivity contribution < 1.29 is 19.0 Å². The number of hydrogen-bond acceptors (Lipinski definition) is 4.